The molecule has 2 fully saturated rings. The van der Waals surface area contributed by atoms with Crippen LogP contribution in [0.4, 0.5) is 0 Å². The zero-order chi connectivity index (χ0) is 10.2. The molecule has 1 saturated carbocycles. The maximum Gasteiger partial charge on any atom is 0.0699 e. The Morgan fingerprint density at radius 1 is 1.29 bits per heavy atom. The van der Waals surface area contributed by atoms with Crippen LogP contribution >= 0.6 is 0 Å². The molecule has 2 heteroatoms. The van der Waals surface area contributed by atoms with E-state index in [1.165, 1.54) is 25.7 Å². The highest BCUT2D eigenvalue weighted by molar-refractivity contribution is 4.98. The highest BCUT2D eigenvalue weighted by Crippen LogP contribution is 2.43. The molecule has 14 heavy (non-hydrogen) atoms. The van der Waals surface area contributed by atoms with Crippen molar-refractivity contribution in [2.45, 2.75) is 64.1 Å². The minimum absolute atomic E-state index is 0.300. The van der Waals surface area contributed by atoms with Gasteiger partial charge in [-0.25, -0.2) is 0 Å². The maximum absolute atomic E-state index is 5.91. The first-order valence-electron chi connectivity index (χ1n) is 6.01. The van der Waals surface area contributed by atoms with Crippen LogP contribution < -0.4 is 5.32 Å². The molecule has 0 aromatic heterocycles. The molecule has 1 spiro atoms. The molecule has 1 aliphatic heterocycles. The predicted octanol–water partition coefficient (Wildman–Crippen LogP) is 2.33. The molecule has 1 aliphatic carbocycles. The van der Waals surface area contributed by atoms with Gasteiger partial charge in [-0.05, 0) is 38.5 Å². The SMILES string of the molecule is CC(C)C(C)NC1COC2(CCC2)C1. The fourth-order valence-electron chi connectivity index (χ4n) is 2.44. The van der Waals surface area contributed by atoms with Crippen molar-refractivity contribution in [3.63, 3.8) is 0 Å². The van der Waals surface area contributed by atoms with Gasteiger partial charge in [-0.1, -0.05) is 13.8 Å². The molecule has 82 valence electrons. The van der Waals surface area contributed by atoms with Crippen LogP contribution in [0.3, 0.4) is 0 Å². The van der Waals surface area contributed by atoms with Crippen molar-refractivity contribution in [2.24, 2.45) is 5.92 Å². The van der Waals surface area contributed by atoms with Crippen molar-refractivity contribution < 1.29 is 4.74 Å². The second kappa shape index (κ2) is 3.82. The molecule has 0 amide bonds. The Labute approximate surface area is 87.4 Å². The van der Waals surface area contributed by atoms with Crippen LogP contribution in [0.15, 0.2) is 0 Å². The average Bonchev–Trinajstić information content (AvgIpc) is 2.47. The second-order valence-corrected chi connectivity index (χ2v) is 5.45. The maximum atomic E-state index is 5.91. The molecule has 1 saturated heterocycles. The molecule has 2 atom stereocenters. The smallest absolute Gasteiger partial charge is 0.0699 e. The van der Waals surface area contributed by atoms with Crippen LogP contribution in [0.5, 0.6) is 0 Å². The van der Waals surface area contributed by atoms with Gasteiger partial charge in [-0.2, -0.15) is 0 Å². The summed E-state index contributed by atoms with van der Waals surface area (Å²) in [6.45, 7) is 7.74. The van der Waals surface area contributed by atoms with Crippen molar-refractivity contribution in [2.75, 3.05) is 6.61 Å². The van der Waals surface area contributed by atoms with Gasteiger partial charge in [0, 0.05) is 12.1 Å². The molecule has 2 aliphatic rings. The van der Waals surface area contributed by atoms with Gasteiger partial charge in [-0.3, -0.25) is 0 Å². The molecule has 0 aromatic rings. The van der Waals surface area contributed by atoms with E-state index >= 15 is 0 Å². The van der Waals surface area contributed by atoms with Crippen LogP contribution in [-0.4, -0.2) is 24.3 Å². The molecule has 0 radical (unpaired) electrons. The lowest BCUT2D eigenvalue weighted by Gasteiger charge is -2.37. The summed E-state index contributed by atoms with van der Waals surface area (Å²) in [5, 5.41) is 3.68. The average molecular weight is 197 g/mol. The molecule has 0 aromatic carbocycles. The lowest BCUT2D eigenvalue weighted by molar-refractivity contribution is -0.0563. The van der Waals surface area contributed by atoms with E-state index in [4.69, 9.17) is 4.74 Å². The highest BCUT2D eigenvalue weighted by Gasteiger charge is 2.45. The van der Waals surface area contributed by atoms with Crippen LogP contribution in [0, 0.1) is 5.92 Å². The van der Waals surface area contributed by atoms with Gasteiger partial charge in [0.05, 0.1) is 12.2 Å². The van der Waals surface area contributed by atoms with E-state index in [0.717, 1.165) is 6.61 Å². The van der Waals surface area contributed by atoms with Crippen LogP contribution in [0.1, 0.15) is 46.5 Å². The van der Waals surface area contributed by atoms with Crippen molar-refractivity contribution in [3.8, 4) is 0 Å². The number of nitrogens with one attached hydrogen (secondary N) is 1. The zero-order valence-electron chi connectivity index (χ0n) is 9.68. The third-order valence-electron chi connectivity index (χ3n) is 3.97. The van der Waals surface area contributed by atoms with Gasteiger partial charge < -0.3 is 10.1 Å². The van der Waals surface area contributed by atoms with Gasteiger partial charge in [0.2, 0.25) is 0 Å². The lowest BCUT2D eigenvalue weighted by Crippen LogP contribution is -2.42. The normalized spacial score (nSPS) is 32.1. The monoisotopic (exact) mass is 197 g/mol. The van der Waals surface area contributed by atoms with E-state index in [1.54, 1.807) is 0 Å². The second-order valence-electron chi connectivity index (χ2n) is 5.45. The van der Waals surface area contributed by atoms with E-state index in [2.05, 4.69) is 26.1 Å². The van der Waals surface area contributed by atoms with Gasteiger partial charge in [0.15, 0.2) is 0 Å². The zero-order valence-corrected chi connectivity index (χ0v) is 9.68. The van der Waals surface area contributed by atoms with Crippen molar-refractivity contribution in [1.29, 1.82) is 0 Å². The molecule has 1 heterocycles. The summed E-state index contributed by atoms with van der Waals surface area (Å²) in [6, 6.07) is 1.21. The van der Waals surface area contributed by atoms with Gasteiger partial charge >= 0.3 is 0 Å². The first-order chi connectivity index (χ1) is 6.61. The molecule has 2 unspecified atom stereocenters. The standard InChI is InChI=1S/C12H23NO/c1-9(2)10(3)13-11-7-12(14-8-11)5-4-6-12/h9-11,13H,4-8H2,1-3H3. The highest BCUT2D eigenvalue weighted by atomic mass is 16.5. The Hall–Kier alpha value is -0.0800. The summed E-state index contributed by atoms with van der Waals surface area (Å²) >= 11 is 0. The van der Waals surface area contributed by atoms with Gasteiger partial charge in [-0.15, -0.1) is 0 Å². The first kappa shape index (κ1) is 10.4. The Morgan fingerprint density at radius 3 is 2.43 bits per heavy atom. The summed E-state index contributed by atoms with van der Waals surface area (Å²) in [4.78, 5) is 0. The topological polar surface area (TPSA) is 21.3 Å². The first-order valence-corrected chi connectivity index (χ1v) is 6.01. The number of rotatable bonds is 3. The summed E-state index contributed by atoms with van der Waals surface area (Å²) in [5.74, 6) is 0.716. The molecule has 1 N–H and O–H groups in total. The van der Waals surface area contributed by atoms with Crippen molar-refractivity contribution in [3.05, 3.63) is 0 Å². The number of hydrogen-bond donors (Lipinski definition) is 1. The molecule has 0 bridgehead atoms. The third-order valence-corrected chi connectivity index (χ3v) is 3.97. The van der Waals surface area contributed by atoms with E-state index in [-0.39, 0.29) is 0 Å². The lowest BCUT2D eigenvalue weighted by atomic mass is 9.77. The fourth-order valence-corrected chi connectivity index (χ4v) is 2.44. The Balaban J connectivity index is 1.78. The third kappa shape index (κ3) is 1.96. The Morgan fingerprint density at radius 2 is 2.00 bits per heavy atom. The summed E-state index contributed by atoms with van der Waals surface area (Å²) in [6.07, 6.45) is 5.19. The predicted molar refractivity (Wildman–Crippen MR) is 58.4 cm³/mol. The minimum atomic E-state index is 0.300. The molecule has 2 rings (SSSR count). The minimum Gasteiger partial charge on any atom is -0.373 e. The quantitative estimate of drug-likeness (QED) is 0.750. The summed E-state index contributed by atoms with van der Waals surface area (Å²) < 4.78 is 5.91. The van der Waals surface area contributed by atoms with E-state index < -0.39 is 0 Å². The van der Waals surface area contributed by atoms with E-state index in [0.29, 0.717) is 23.6 Å². The molecular weight excluding hydrogens is 174 g/mol. The van der Waals surface area contributed by atoms with E-state index in [1.807, 2.05) is 0 Å². The largest absolute Gasteiger partial charge is 0.373 e. The Kier molecular flexibility index (Phi) is 2.85. The van der Waals surface area contributed by atoms with E-state index in [9.17, 15) is 0 Å². The van der Waals surface area contributed by atoms with Crippen molar-refractivity contribution >= 4 is 0 Å². The van der Waals surface area contributed by atoms with Crippen molar-refractivity contribution in [1.82, 2.24) is 5.32 Å². The number of ether oxygens (including phenoxy) is 1. The number of hydrogen-bond acceptors (Lipinski definition) is 2. The van der Waals surface area contributed by atoms with Gasteiger partial charge in [0.1, 0.15) is 0 Å². The summed E-state index contributed by atoms with van der Waals surface area (Å²) in [7, 11) is 0. The summed E-state index contributed by atoms with van der Waals surface area (Å²) in [5.41, 5.74) is 0.300. The van der Waals surface area contributed by atoms with Gasteiger partial charge in [0.25, 0.3) is 0 Å². The van der Waals surface area contributed by atoms with Crippen LogP contribution in [0.2, 0.25) is 0 Å². The molecular formula is C12H23NO. The molecule has 2 nitrogen and oxygen atoms in total. The Bertz CT molecular complexity index is 198. The fraction of sp³-hybridized carbons (Fsp3) is 1.00. The van der Waals surface area contributed by atoms with Crippen LogP contribution in [-0.2, 0) is 4.74 Å². The van der Waals surface area contributed by atoms with Crippen LogP contribution in [0.25, 0.3) is 0 Å².